The third kappa shape index (κ3) is 2.96. The molecule has 0 aliphatic rings. The number of carbonyl (C=O) groups is 1. The zero-order valence-electron chi connectivity index (χ0n) is 8.76. The maximum atomic E-state index is 12.4. The lowest BCUT2D eigenvalue weighted by molar-refractivity contribution is -0.141. The van der Waals surface area contributed by atoms with E-state index in [1.54, 1.807) is 0 Å². The van der Waals surface area contributed by atoms with Crippen LogP contribution in [0.15, 0.2) is 12.1 Å². The maximum Gasteiger partial charge on any atom is 0.433 e. The second kappa shape index (κ2) is 4.90. The van der Waals surface area contributed by atoms with Crippen LogP contribution in [0.25, 0.3) is 0 Å². The number of rotatable bonds is 3. The lowest BCUT2D eigenvalue weighted by Gasteiger charge is -2.22. The smallest absolute Gasteiger partial charge is 0.433 e. The van der Waals surface area contributed by atoms with Crippen LogP contribution in [0.3, 0.4) is 0 Å². The lowest BCUT2D eigenvalue weighted by atomic mass is 10.2. The summed E-state index contributed by atoms with van der Waals surface area (Å²) in [6, 6.07) is 1.12. The molecule has 10 heteroatoms. The molecule has 100 valence electrons. The van der Waals surface area contributed by atoms with Crippen molar-refractivity contribution < 1.29 is 31.8 Å². The Morgan fingerprint density at radius 2 is 2.06 bits per heavy atom. The first kappa shape index (κ1) is 14.4. The highest BCUT2D eigenvalue weighted by molar-refractivity contribution is 7.80. The highest BCUT2D eigenvalue weighted by Gasteiger charge is 2.34. The van der Waals surface area contributed by atoms with Crippen molar-refractivity contribution in [3.63, 3.8) is 0 Å². The van der Waals surface area contributed by atoms with Gasteiger partial charge in [-0.2, -0.15) is 13.2 Å². The van der Waals surface area contributed by atoms with Gasteiger partial charge in [0.2, 0.25) is 0 Å². The largest absolute Gasteiger partial charge is 0.755 e. The van der Waals surface area contributed by atoms with Crippen LogP contribution >= 0.6 is 0 Å². The van der Waals surface area contributed by atoms with Crippen molar-refractivity contribution in [2.75, 3.05) is 11.4 Å². The number of halogens is 3. The Morgan fingerprint density at radius 1 is 1.50 bits per heavy atom. The number of hydrogen-bond donors (Lipinski definition) is 1. The van der Waals surface area contributed by atoms with E-state index in [9.17, 15) is 26.7 Å². The van der Waals surface area contributed by atoms with Crippen molar-refractivity contribution in [2.24, 2.45) is 0 Å². The molecule has 0 fully saturated rings. The number of aromatic carboxylic acids is 1. The van der Waals surface area contributed by atoms with E-state index in [0.29, 0.717) is 16.4 Å². The quantitative estimate of drug-likeness (QED) is 0.836. The van der Waals surface area contributed by atoms with Gasteiger partial charge in [-0.15, -0.1) is 0 Å². The third-order valence-electron chi connectivity index (χ3n) is 1.92. The van der Waals surface area contributed by atoms with Crippen LogP contribution in [0.2, 0.25) is 0 Å². The number of carboxylic acid groups (broad SMARTS) is 1. The summed E-state index contributed by atoms with van der Waals surface area (Å²) in [5.74, 6) is -2.38. The second-order valence-corrected chi connectivity index (χ2v) is 4.07. The Hall–Kier alpha value is -1.68. The molecule has 18 heavy (non-hydrogen) atoms. The van der Waals surface area contributed by atoms with Crippen molar-refractivity contribution in [2.45, 2.75) is 6.18 Å². The molecule has 0 aliphatic carbocycles. The van der Waals surface area contributed by atoms with Crippen LogP contribution < -0.4 is 4.31 Å². The van der Waals surface area contributed by atoms with E-state index in [4.69, 9.17) is 5.11 Å². The predicted molar refractivity (Wildman–Crippen MR) is 53.5 cm³/mol. The van der Waals surface area contributed by atoms with E-state index in [1.807, 2.05) is 0 Å². The molecule has 0 spiro atoms. The molecule has 0 bridgehead atoms. The van der Waals surface area contributed by atoms with Gasteiger partial charge in [0.05, 0.1) is 0 Å². The molecule has 1 aromatic rings. The summed E-state index contributed by atoms with van der Waals surface area (Å²) < 4.78 is 58.7. The topological polar surface area (TPSA) is 93.6 Å². The van der Waals surface area contributed by atoms with E-state index in [0.717, 1.165) is 7.05 Å². The van der Waals surface area contributed by atoms with Crippen LogP contribution in [-0.2, 0) is 17.4 Å². The number of nitrogens with zero attached hydrogens (tertiary/aromatic N) is 2. The molecule has 1 rings (SSSR count). The standard InChI is InChI=1S/C8H7F3N2O4S/c1-13(18(16)17)6-4(7(14)15)2-3-5(12-6)8(9,10)11/h2-3H,1H3,(H,14,15)(H,16,17)/p-1. The van der Waals surface area contributed by atoms with Crippen molar-refractivity contribution in [1.82, 2.24) is 4.98 Å². The van der Waals surface area contributed by atoms with Gasteiger partial charge in [0.1, 0.15) is 11.3 Å². The van der Waals surface area contributed by atoms with Gasteiger partial charge in [-0.05, 0) is 12.1 Å². The van der Waals surface area contributed by atoms with Crippen LogP contribution in [0.5, 0.6) is 0 Å². The summed E-state index contributed by atoms with van der Waals surface area (Å²) in [4.78, 5) is 13.8. The van der Waals surface area contributed by atoms with E-state index in [2.05, 4.69) is 4.98 Å². The van der Waals surface area contributed by atoms with Gasteiger partial charge < -0.3 is 9.66 Å². The second-order valence-electron chi connectivity index (χ2n) is 3.09. The summed E-state index contributed by atoms with van der Waals surface area (Å²) in [5, 5.41) is 8.74. The minimum atomic E-state index is -4.79. The van der Waals surface area contributed by atoms with Crippen molar-refractivity contribution in [3.05, 3.63) is 23.4 Å². The molecule has 0 radical (unpaired) electrons. The molecular formula is C8H6F3N2O4S-. The Bertz CT molecular complexity index is 506. The molecule has 0 aromatic carbocycles. The average Bonchev–Trinajstić information content (AvgIpc) is 2.25. The first-order valence-electron chi connectivity index (χ1n) is 4.29. The number of anilines is 1. The SMILES string of the molecule is CN(c1nc(C(F)(F)F)ccc1C(=O)O)S(=O)[O-]. The van der Waals surface area contributed by atoms with Gasteiger partial charge in [0.15, 0.2) is 5.82 Å². The molecule has 0 aliphatic heterocycles. The molecule has 0 saturated carbocycles. The number of aromatic nitrogens is 1. The Labute approximate surface area is 101 Å². The zero-order valence-corrected chi connectivity index (χ0v) is 9.58. The minimum Gasteiger partial charge on any atom is -0.755 e. The zero-order chi connectivity index (χ0) is 14.1. The highest BCUT2D eigenvalue weighted by Crippen LogP contribution is 2.30. The molecule has 1 aromatic heterocycles. The van der Waals surface area contributed by atoms with Crippen LogP contribution in [-0.4, -0.2) is 31.9 Å². The fraction of sp³-hybridized carbons (Fsp3) is 0.250. The molecule has 6 nitrogen and oxygen atoms in total. The summed E-state index contributed by atoms with van der Waals surface area (Å²) in [6.45, 7) is 0. The van der Waals surface area contributed by atoms with Gasteiger partial charge in [0, 0.05) is 18.3 Å². The van der Waals surface area contributed by atoms with Gasteiger partial charge in [-0.1, -0.05) is 0 Å². The Balaban J connectivity index is 3.42. The van der Waals surface area contributed by atoms with Gasteiger partial charge in [0.25, 0.3) is 0 Å². The Morgan fingerprint density at radius 3 is 2.44 bits per heavy atom. The normalized spacial score (nSPS) is 13.2. The molecule has 0 saturated heterocycles. The lowest BCUT2D eigenvalue weighted by Crippen LogP contribution is -2.24. The van der Waals surface area contributed by atoms with Crippen molar-refractivity contribution >= 4 is 23.1 Å². The van der Waals surface area contributed by atoms with Crippen molar-refractivity contribution in [3.8, 4) is 0 Å². The molecule has 1 atom stereocenters. The van der Waals surface area contributed by atoms with Crippen LogP contribution in [0.1, 0.15) is 16.1 Å². The minimum absolute atomic E-state index is 0.304. The first-order valence-corrected chi connectivity index (χ1v) is 5.32. The summed E-state index contributed by atoms with van der Waals surface area (Å²) in [6.07, 6.45) is -4.79. The van der Waals surface area contributed by atoms with E-state index >= 15 is 0 Å². The van der Waals surface area contributed by atoms with E-state index in [-0.39, 0.29) is 0 Å². The van der Waals surface area contributed by atoms with E-state index < -0.39 is 40.5 Å². The number of hydrogen-bond acceptors (Lipinski definition) is 4. The maximum absolute atomic E-state index is 12.4. The molecule has 1 unspecified atom stereocenters. The fourth-order valence-corrected chi connectivity index (χ4v) is 1.36. The van der Waals surface area contributed by atoms with Gasteiger partial charge in [-0.25, -0.2) is 9.78 Å². The number of pyridine rings is 1. The first-order chi connectivity index (χ1) is 8.14. The third-order valence-corrected chi connectivity index (χ3v) is 2.54. The van der Waals surface area contributed by atoms with Crippen LogP contribution in [0.4, 0.5) is 19.0 Å². The summed E-state index contributed by atoms with van der Waals surface area (Å²) in [7, 11) is 0.887. The molecule has 1 heterocycles. The molecule has 0 amide bonds. The van der Waals surface area contributed by atoms with Crippen molar-refractivity contribution in [1.29, 1.82) is 0 Å². The van der Waals surface area contributed by atoms with Gasteiger partial charge >= 0.3 is 12.1 Å². The number of alkyl halides is 3. The average molecular weight is 283 g/mol. The molecule has 1 N–H and O–H groups in total. The summed E-state index contributed by atoms with van der Waals surface area (Å²) >= 11 is -2.93. The summed E-state index contributed by atoms with van der Waals surface area (Å²) in [5.41, 5.74) is -2.02. The molecular weight excluding hydrogens is 277 g/mol. The monoisotopic (exact) mass is 283 g/mol. The predicted octanol–water partition coefficient (Wildman–Crippen LogP) is 1.03. The number of carboxylic acids is 1. The Kier molecular flexibility index (Phi) is 3.92. The van der Waals surface area contributed by atoms with Crippen LogP contribution in [0, 0.1) is 0 Å². The van der Waals surface area contributed by atoms with E-state index in [1.165, 1.54) is 0 Å². The fourth-order valence-electron chi connectivity index (χ4n) is 1.08. The van der Waals surface area contributed by atoms with Gasteiger partial charge in [-0.3, -0.25) is 8.51 Å². The highest BCUT2D eigenvalue weighted by atomic mass is 32.2.